The summed E-state index contributed by atoms with van der Waals surface area (Å²) in [6.07, 6.45) is 0. The Balaban J connectivity index is 2.63. The van der Waals surface area contributed by atoms with Crippen molar-refractivity contribution in [3.8, 4) is 0 Å². The summed E-state index contributed by atoms with van der Waals surface area (Å²) in [5.41, 5.74) is 9.00. The molecular formula is C13H20N4. The molecule has 3 N–H and O–H groups in total. The summed E-state index contributed by atoms with van der Waals surface area (Å²) in [5, 5.41) is 3.30. The molecule has 0 aliphatic carbocycles. The fraction of sp³-hybridized carbons (Fsp3) is 0.462. The molecule has 17 heavy (non-hydrogen) atoms. The second-order valence-electron chi connectivity index (χ2n) is 4.46. The van der Waals surface area contributed by atoms with Crippen LogP contribution in [0.4, 0.5) is 5.95 Å². The lowest BCUT2D eigenvalue weighted by molar-refractivity contribution is 0.623. The van der Waals surface area contributed by atoms with Gasteiger partial charge in [-0.3, -0.25) is 0 Å². The Hall–Kier alpha value is -1.55. The van der Waals surface area contributed by atoms with Crippen molar-refractivity contribution in [2.24, 2.45) is 5.73 Å². The number of nitrogens with one attached hydrogen (secondary N) is 1. The van der Waals surface area contributed by atoms with E-state index in [-0.39, 0.29) is 0 Å². The molecule has 1 aromatic heterocycles. The van der Waals surface area contributed by atoms with Crippen LogP contribution in [-0.2, 0) is 6.54 Å². The highest BCUT2D eigenvalue weighted by Gasteiger charge is 2.12. The fourth-order valence-corrected chi connectivity index (χ4v) is 2.07. The third-order valence-corrected chi connectivity index (χ3v) is 2.84. The summed E-state index contributed by atoms with van der Waals surface area (Å²) in [6.45, 7) is 7.85. The van der Waals surface area contributed by atoms with Gasteiger partial charge in [-0.2, -0.15) is 0 Å². The number of imidazole rings is 1. The van der Waals surface area contributed by atoms with Crippen LogP contribution in [0.5, 0.6) is 0 Å². The summed E-state index contributed by atoms with van der Waals surface area (Å²) in [4.78, 5) is 4.61. The molecule has 0 unspecified atom stereocenters. The van der Waals surface area contributed by atoms with Crippen molar-refractivity contribution < 1.29 is 0 Å². The highest BCUT2D eigenvalue weighted by atomic mass is 15.2. The summed E-state index contributed by atoms with van der Waals surface area (Å²) in [6, 6.07) is 6.58. The molecule has 0 radical (unpaired) electrons. The maximum Gasteiger partial charge on any atom is 0.204 e. The Kier molecular flexibility index (Phi) is 3.33. The van der Waals surface area contributed by atoms with Crippen LogP contribution in [-0.4, -0.2) is 16.1 Å². The zero-order valence-electron chi connectivity index (χ0n) is 10.7. The quantitative estimate of drug-likeness (QED) is 0.851. The van der Waals surface area contributed by atoms with Crippen molar-refractivity contribution in [2.75, 3.05) is 11.9 Å². The number of fused-ring (bicyclic) bond motifs is 1. The SMILES string of the molecule is CCNc1nc2ccc(CN)cc2n1C(C)C. The highest BCUT2D eigenvalue weighted by Crippen LogP contribution is 2.25. The first kappa shape index (κ1) is 11.9. The van der Waals surface area contributed by atoms with Crippen LogP contribution in [0.2, 0.25) is 0 Å². The van der Waals surface area contributed by atoms with E-state index in [0.717, 1.165) is 29.1 Å². The zero-order valence-corrected chi connectivity index (χ0v) is 10.7. The molecule has 0 amide bonds. The van der Waals surface area contributed by atoms with Gasteiger partial charge in [0.25, 0.3) is 0 Å². The van der Waals surface area contributed by atoms with Gasteiger partial charge >= 0.3 is 0 Å². The molecule has 0 aliphatic heterocycles. The molecule has 2 rings (SSSR count). The minimum absolute atomic E-state index is 0.377. The standard InChI is InChI=1S/C13H20N4/c1-4-15-13-16-11-6-5-10(8-14)7-12(11)17(13)9(2)3/h5-7,9H,4,8,14H2,1-3H3,(H,15,16). The van der Waals surface area contributed by atoms with Crippen molar-refractivity contribution in [1.29, 1.82) is 0 Å². The second kappa shape index (κ2) is 4.75. The summed E-state index contributed by atoms with van der Waals surface area (Å²) in [5.74, 6) is 0.937. The average molecular weight is 232 g/mol. The molecular weight excluding hydrogens is 212 g/mol. The number of anilines is 1. The molecule has 1 heterocycles. The van der Waals surface area contributed by atoms with Crippen LogP contribution in [0, 0.1) is 0 Å². The molecule has 0 saturated heterocycles. The highest BCUT2D eigenvalue weighted by molar-refractivity contribution is 5.79. The lowest BCUT2D eigenvalue weighted by Gasteiger charge is -2.13. The lowest BCUT2D eigenvalue weighted by atomic mass is 10.2. The number of rotatable bonds is 4. The van der Waals surface area contributed by atoms with E-state index >= 15 is 0 Å². The van der Waals surface area contributed by atoms with E-state index in [4.69, 9.17) is 5.73 Å². The maximum absolute atomic E-state index is 5.69. The Morgan fingerprint density at radius 3 is 2.76 bits per heavy atom. The van der Waals surface area contributed by atoms with Gasteiger partial charge in [-0.1, -0.05) is 6.07 Å². The van der Waals surface area contributed by atoms with Gasteiger partial charge < -0.3 is 15.6 Å². The van der Waals surface area contributed by atoms with Gasteiger partial charge in [-0.25, -0.2) is 4.98 Å². The largest absolute Gasteiger partial charge is 0.356 e. The molecule has 4 heteroatoms. The van der Waals surface area contributed by atoms with Crippen LogP contribution in [0.1, 0.15) is 32.4 Å². The van der Waals surface area contributed by atoms with Crippen molar-refractivity contribution in [1.82, 2.24) is 9.55 Å². The molecule has 0 bridgehead atoms. The molecule has 0 fully saturated rings. The van der Waals surface area contributed by atoms with Gasteiger partial charge in [-0.15, -0.1) is 0 Å². The zero-order chi connectivity index (χ0) is 12.4. The van der Waals surface area contributed by atoms with E-state index in [0.29, 0.717) is 12.6 Å². The van der Waals surface area contributed by atoms with Crippen LogP contribution >= 0.6 is 0 Å². The smallest absolute Gasteiger partial charge is 0.204 e. The van der Waals surface area contributed by atoms with E-state index in [1.54, 1.807) is 0 Å². The van der Waals surface area contributed by atoms with Crippen molar-refractivity contribution >= 4 is 17.0 Å². The topological polar surface area (TPSA) is 55.9 Å². The normalized spacial score (nSPS) is 11.4. The Morgan fingerprint density at radius 2 is 2.18 bits per heavy atom. The predicted molar refractivity (Wildman–Crippen MR) is 72.2 cm³/mol. The maximum atomic E-state index is 5.69. The first-order valence-electron chi connectivity index (χ1n) is 6.12. The minimum Gasteiger partial charge on any atom is -0.356 e. The van der Waals surface area contributed by atoms with E-state index in [1.165, 1.54) is 0 Å². The van der Waals surface area contributed by atoms with Crippen molar-refractivity contribution in [2.45, 2.75) is 33.4 Å². The van der Waals surface area contributed by atoms with Crippen molar-refractivity contribution in [3.63, 3.8) is 0 Å². The van der Waals surface area contributed by atoms with Crippen LogP contribution in [0.25, 0.3) is 11.0 Å². The van der Waals surface area contributed by atoms with E-state index < -0.39 is 0 Å². The summed E-state index contributed by atoms with van der Waals surface area (Å²) < 4.78 is 2.22. The Morgan fingerprint density at radius 1 is 1.41 bits per heavy atom. The number of nitrogens with zero attached hydrogens (tertiary/aromatic N) is 2. The number of hydrogen-bond donors (Lipinski definition) is 2. The van der Waals surface area contributed by atoms with E-state index in [9.17, 15) is 0 Å². The molecule has 0 saturated carbocycles. The number of hydrogen-bond acceptors (Lipinski definition) is 3. The lowest BCUT2D eigenvalue weighted by Crippen LogP contribution is -2.08. The Labute approximate surface area is 102 Å². The van der Waals surface area contributed by atoms with Gasteiger partial charge in [0.1, 0.15) is 0 Å². The molecule has 2 aromatic rings. The Bertz CT molecular complexity index is 513. The first-order chi connectivity index (χ1) is 8.17. The number of nitrogens with two attached hydrogens (primary N) is 1. The van der Waals surface area contributed by atoms with E-state index in [1.807, 2.05) is 12.1 Å². The summed E-state index contributed by atoms with van der Waals surface area (Å²) >= 11 is 0. The predicted octanol–water partition coefficient (Wildman–Crippen LogP) is 2.51. The van der Waals surface area contributed by atoms with Crippen LogP contribution < -0.4 is 11.1 Å². The molecule has 1 aromatic carbocycles. The average Bonchev–Trinajstić information content (AvgIpc) is 2.66. The summed E-state index contributed by atoms with van der Waals surface area (Å²) in [7, 11) is 0. The molecule has 4 nitrogen and oxygen atoms in total. The third kappa shape index (κ3) is 2.13. The van der Waals surface area contributed by atoms with Crippen molar-refractivity contribution in [3.05, 3.63) is 23.8 Å². The molecule has 0 spiro atoms. The third-order valence-electron chi connectivity index (χ3n) is 2.84. The monoisotopic (exact) mass is 232 g/mol. The van der Waals surface area contributed by atoms with Crippen LogP contribution in [0.15, 0.2) is 18.2 Å². The van der Waals surface area contributed by atoms with E-state index in [2.05, 4.69) is 41.7 Å². The van der Waals surface area contributed by atoms with Gasteiger partial charge in [-0.05, 0) is 38.5 Å². The molecule has 0 aliphatic rings. The minimum atomic E-state index is 0.377. The molecule has 0 atom stereocenters. The number of aromatic nitrogens is 2. The first-order valence-corrected chi connectivity index (χ1v) is 6.12. The van der Waals surface area contributed by atoms with Crippen LogP contribution in [0.3, 0.4) is 0 Å². The molecule has 92 valence electrons. The van der Waals surface area contributed by atoms with Gasteiger partial charge in [0.2, 0.25) is 5.95 Å². The fourth-order valence-electron chi connectivity index (χ4n) is 2.07. The van der Waals surface area contributed by atoms with Gasteiger partial charge in [0.15, 0.2) is 0 Å². The number of benzene rings is 1. The van der Waals surface area contributed by atoms with Gasteiger partial charge in [0, 0.05) is 19.1 Å². The van der Waals surface area contributed by atoms with Gasteiger partial charge in [0.05, 0.1) is 11.0 Å². The second-order valence-corrected chi connectivity index (χ2v) is 4.46.